The number of benzene rings is 1. The lowest BCUT2D eigenvalue weighted by molar-refractivity contribution is -0.161. The first-order valence-corrected chi connectivity index (χ1v) is 9.83. The molecule has 2 amide bonds. The molecule has 3 N–H and O–H groups in total. The molecule has 4 unspecified atom stereocenters. The van der Waals surface area contributed by atoms with E-state index in [0.29, 0.717) is 12.5 Å². The van der Waals surface area contributed by atoms with Gasteiger partial charge in [-0.2, -0.15) is 0 Å². The van der Waals surface area contributed by atoms with Gasteiger partial charge in [0.15, 0.2) is 5.82 Å². The number of thioether (sulfide) groups is 1. The number of hydrogen-bond acceptors (Lipinski definition) is 8. The SMILES string of the molecule is CC1(C)SC2C(N3CNC(c4ccc(O)cc4)C3=O)C(=O)N2C1c1nnn[nH]1. The standard InChI is InChI=1S/C17H19N7O3S/c1-17(2)12(13-19-21-22-20-13)24-15(27)11(16(24)28-17)23-7-18-10(14(23)26)8-3-5-9(25)6-4-8/h3-6,10-12,16,18,25H,7H2,1-2H3,(H,19,20,21,22). The molecular formula is C17H19N7O3S. The van der Waals surface area contributed by atoms with Crippen molar-refractivity contribution in [2.24, 2.45) is 0 Å². The van der Waals surface area contributed by atoms with E-state index in [0.717, 1.165) is 5.56 Å². The van der Waals surface area contributed by atoms with Crippen LogP contribution < -0.4 is 5.32 Å². The van der Waals surface area contributed by atoms with Gasteiger partial charge >= 0.3 is 0 Å². The van der Waals surface area contributed by atoms with Crippen molar-refractivity contribution in [1.82, 2.24) is 35.7 Å². The molecule has 0 aliphatic carbocycles. The van der Waals surface area contributed by atoms with Gasteiger partial charge in [-0.05, 0) is 42.0 Å². The van der Waals surface area contributed by atoms with Gasteiger partial charge in [-0.25, -0.2) is 5.10 Å². The highest BCUT2D eigenvalue weighted by Crippen LogP contribution is 2.57. The summed E-state index contributed by atoms with van der Waals surface area (Å²) >= 11 is 1.66. The zero-order chi connectivity index (χ0) is 19.6. The van der Waals surface area contributed by atoms with Crippen LogP contribution in [0.5, 0.6) is 5.75 Å². The predicted octanol–water partition coefficient (Wildman–Crippen LogP) is 0.139. The van der Waals surface area contributed by atoms with Gasteiger partial charge in [-0.1, -0.05) is 12.1 Å². The molecule has 146 valence electrons. The number of carbonyl (C=O) groups is 2. The molecule has 0 radical (unpaired) electrons. The van der Waals surface area contributed by atoms with E-state index in [-0.39, 0.29) is 33.7 Å². The summed E-state index contributed by atoms with van der Waals surface area (Å²) in [5, 5.41) is 26.6. The van der Waals surface area contributed by atoms with E-state index in [4.69, 9.17) is 0 Å². The number of nitrogens with zero attached hydrogens (tertiary/aromatic N) is 5. The summed E-state index contributed by atoms with van der Waals surface area (Å²) in [7, 11) is 0. The van der Waals surface area contributed by atoms with Crippen LogP contribution in [0.3, 0.4) is 0 Å². The number of aromatic amines is 1. The van der Waals surface area contributed by atoms with Gasteiger partial charge < -0.3 is 14.9 Å². The van der Waals surface area contributed by atoms with Crippen molar-refractivity contribution in [2.75, 3.05) is 6.67 Å². The van der Waals surface area contributed by atoms with E-state index in [9.17, 15) is 14.7 Å². The van der Waals surface area contributed by atoms with Crippen molar-refractivity contribution in [1.29, 1.82) is 0 Å². The van der Waals surface area contributed by atoms with Crippen molar-refractivity contribution < 1.29 is 14.7 Å². The smallest absolute Gasteiger partial charge is 0.250 e. The number of aromatic hydroxyl groups is 1. The van der Waals surface area contributed by atoms with E-state index in [1.807, 2.05) is 0 Å². The Morgan fingerprint density at radius 2 is 1.96 bits per heavy atom. The Hall–Kier alpha value is -2.66. The number of aromatic nitrogens is 4. The van der Waals surface area contributed by atoms with Crippen LogP contribution in [0, 0.1) is 0 Å². The van der Waals surface area contributed by atoms with E-state index >= 15 is 0 Å². The van der Waals surface area contributed by atoms with Crippen molar-refractivity contribution in [3.8, 4) is 5.75 Å². The molecule has 4 atom stereocenters. The molecule has 5 rings (SSSR count). The summed E-state index contributed by atoms with van der Waals surface area (Å²) in [6.07, 6.45) is 0. The second kappa shape index (κ2) is 5.92. The Morgan fingerprint density at radius 1 is 1.21 bits per heavy atom. The normalized spacial score (nSPS) is 31.2. The van der Waals surface area contributed by atoms with Crippen LogP contribution in [0.25, 0.3) is 0 Å². The summed E-state index contributed by atoms with van der Waals surface area (Å²) in [4.78, 5) is 29.4. The van der Waals surface area contributed by atoms with Gasteiger partial charge in [0.1, 0.15) is 29.2 Å². The molecule has 10 nitrogen and oxygen atoms in total. The fraction of sp³-hybridized carbons (Fsp3) is 0.471. The lowest BCUT2D eigenvalue weighted by atomic mass is 9.94. The number of amides is 2. The van der Waals surface area contributed by atoms with Crippen LogP contribution in [-0.2, 0) is 9.59 Å². The molecular weight excluding hydrogens is 382 g/mol. The van der Waals surface area contributed by atoms with Gasteiger partial charge in [0.2, 0.25) is 11.8 Å². The third kappa shape index (κ3) is 2.35. The quantitative estimate of drug-likeness (QED) is 0.620. The van der Waals surface area contributed by atoms with E-state index < -0.39 is 12.1 Å². The molecule has 3 saturated heterocycles. The first-order chi connectivity index (χ1) is 13.4. The summed E-state index contributed by atoms with van der Waals surface area (Å²) in [6.45, 7) is 4.41. The number of hydrogen-bond donors (Lipinski definition) is 3. The van der Waals surface area contributed by atoms with E-state index in [1.165, 1.54) is 0 Å². The number of rotatable bonds is 3. The Kier molecular flexibility index (Phi) is 3.68. The topological polar surface area (TPSA) is 127 Å². The van der Waals surface area contributed by atoms with Gasteiger partial charge in [0.25, 0.3) is 0 Å². The molecule has 4 heterocycles. The number of β-lactam (4-membered cyclic amide) rings is 1. The van der Waals surface area contributed by atoms with Gasteiger partial charge in [0.05, 0.1) is 6.67 Å². The minimum absolute atomic E-state index is 0.0917. The molecule has 0 bridgehead atoms. The van der Waals surface area contributed by atoms with E-state index in [1.54, 1.807) is 45.8 Å². The van der Waals surface area contributed by atoms with Crippen molar-refractivity contribution in [3.05, 3.63) is 35.7 Å². The number of tetrazole rings is 1. The Bertz CT molecular complexity index is 933. The maximum atomic E-state index is 13.0. The molecule has 3 aliphatic heterocycles. The summed E-state index contributed by atoms with van der Waals surface area (Å²) in [6, 6.07) is 5.24. The number of carbonyl (C=O) groups excluding carboxylic acids is 2. The summed E-state index contributed by atoms with van der Waals surface area (Å²) in [5.74, 6) is 0.478. The molecule has 11 heteroatoms. The third-order valence-electron chi connectivity index (χ3n) is 5.59. The van der Waals surface area contributed by atoms with Crippen LogP contribution in [0.15, 0.2) is 24.3 Å². The first-order valence-electron chi connectivity index (χ1n) is 8.95. The number of fused-ring (bicyclic) bond motifs is 1. The minimum atomic E-state index is -0.517. The predicted molar refractivity (Wildman–Crippen MR) is 98.7 cm³/mol. The number of nitrogens with one attached hydrogen (secondary N) is 2. The Morgan fingerprint density at radius 3 is 2.64 bits per heavy atom. The summed E-state index contributed by atoms with van der Waals surface area (Å²) < 4.78 is -0.289. The monoisotopic (exact) mass is 401 g/mol. The van der Waals surface area contributed by atoms with Gasteiger partial charge in [0, 0.05) is 4.75 Å². The molecule has 3 aliphatic rings. The van der Waals surface area contributed by atoms with Crippen LogP contribution in [0.4, 0.5) is 0 Å². The maximum Gasteiger partial charge on any atom is 0.250 e. The molecule has 0 spiro atoms. The summed E-state index contributed by atoms with van der Waals surface area (Å²) in [5.41, 5.74) is 0.763. The second-order valence-electron chi connectivity index (χ2n) is 7.69. The fourth-order valence-corrected chi connectivity index (χ4v) is 6.00. The Balaban J connectivity index is 1.38. The number of phenolic OH excluding ortho intramolecular Hbond substituents is 1. The highest BCUT2D eigenvalue weighted by molar-refractivity contribution is 8.01. The largest absolute Gasteiger partial charge is 0.508 e. The molecule has 3 fully saturated rings. The molecule has 1 aromatic heterocycles. The molecule has 2 aromatic rings. The highest BCUT2D eigenvalue weighted by Gasteiger charge is 2.65. The van der Waals surface area contributed by atoms with Gasteiger partial charge in [-0.15, -0.1) is 16.9 Å². The van der Waals surface area contributed by atoms with Crippen LogP contribution in [0.1, 0.15) is 37.3 Å². The maximum absolute atomic E-state index is 13.0. The highest BCUT2D eigenvalue weighted by atomic mass is 32.2. The lowest BCUT2D eigenvalue weighted by Gasteiger charge is -2.47. The van der Waals surface area contributed by atoms with Crippen LogP contribution in [0.2, 0.25) is 0 Å². The molecule has 1 aromatic carbocycles. The molecule has 0 saturated carbocycles. The average molecular weight is 401 g/mol. The van der Waals surface area contributed by atoms with E-state index in [2.05, 4.69) is 39.8 Å². The zero-order valence-corrected chi connectivity index (χ0v) is 16.1. The van der Waals surface area contributed by atoms with Crippen LogP contribution >= 0.6 is 11.8 Å². The Labute approximate surface area is 164 Å². The molecule has 28 heavy (non-hydrogen) atoms. The second-order valence-corrected chi connectivity index (χ2v) is 9.46. The third-order valence-corrected chi connectivity index (χ3v) is 7.15. The number of H-pyrrole nitrogens is 1. The minimum Gasteiger partial charge on any atom is -0.508 e. The van der Waals surface area contributed by atoms with Gasteiger partial charge in [-0.3, -0.25) is 14.9 Å². The first kappa shape index (κ1) is 17.4. The number of phenols is 1. The van der Waals surface area contributed by atoms with Crippen molar-refractivity contribution >= 4 is 23.6 Å². The fourth-order valence-electron chi connectivity index (χ4n) is 4.29. The zero-order valence-electron chi connectivity index (χ0n) is 15.2. The van der Waals surface area contributed by atoms with Crippen LogP contribution in [-0.4, -0.2) is 70.2 Å². The van der Waals surface area contributed by atoms with Crippen molar-refractivity contribution in [3.63, 3.8) is 0 Å². The van der Waals surface area contributed by atoms with Crippen molar-refractivity contribution in [2.45, 2.75) is 42.1 Å². The lowest BCUT2D eigenvalue weighted by Crippen LogP contribution is -2.68. The average Bonchev–Trinajstić information content (AvgIpc) is 3.35.